The summed E-state index contributed by atoms with van der Waals surface area (Å²) in [6.07, 6.45) is 5.39. The van der Waals surface area contributed by atoms with E-state index in [1.807, 2.05) is 0 Å². The van der Waals surface area contributed by atoms with E-state index >= 15 is 0 Å². The standard InChI is InChI=1S/C13H18N2/c14-9-10-4-5-11-6-7-15(13(11)8-10)12-2-1-3-12/h4-5,8,12H,1-3,6-7,9,14H2. The maximum absolute atomic E-state index is 5.69. The summed E-state index contributed by atoms with van der Waals surface area (Å²) in [5.74, 6) is 0. The molecule has 0 atom stereocenters. The Hall–Kier alpha value is -1.02. The van der Waals surface area contributed by atoms with Crippen LogP contribution in [0.4, 0.5) is 5.69 Å². The number of anilines is 1. The molecule has 80 valence electrons. The highest BCUT2D eigenvalue weighted by molar-refractivity contribution is 5.60. The second-order valence-corrected chi connectivity index (χ2v) is 4.70. The van der Waals surface area contributed by atoms with Crippen molar-refractivity contribution in [2.75, 3.05) is 11.4 Å². The fourth-order valence-corrected chi connectivity index (χ4v) is 2.65. The molecule has 1 aliphatic carbocycles. The van der Waals surface area contributed by atoms with E-state index in [2.05, 4.69) is 23.1 Å². The molecule has 0 unspecified atom stereocenters. The van der Waals surface area contributed by atoms with Crippen LogP contribution in [0.1, 0.15) is 30.4 Å². The SMILES string of the molecule is NCc1ccc2c(c1)N(C1CCC1)CC2. The van der Waals surface area contributed by atoms with Crippen molar-refractivity contribution >= 4 is 5.69 Å². The third-order valence-electron chi connectivity index (χ3n) is 3.83. The van der Waals surface area contributed by atoms with Crippen LogP contribution in [-0.2, 0) is 13.0 Å². The van der Waals surface area contributed by atoms with E-state index in [-0.39, 0.29) is 0 Å². The molecule has 2 heteroatoms. The van der Waals surface area contributed by atoms with Gasteiger partial charge in [-0.15, -0.1) is 0 Å². The lowest BCUT2D eigenvalue weighted by atomic mass is 9.91. The predicted molar refractivity (Wildman–Crippen MR) is 63.0 cm³/mol. The Bertz CT molecular complexity index is 369. The van der Waals surface area contributed by atoms with E-state index in [1.54, 1.807) is 0 Å². The lowest BCUT2D eigenvalue weighted by Crippen LogP contribution is -2.38. The molecule has 1 aliphatic heterocycles. The van der Waals surface area contributed by atoms with Crippen molar-refractivity contribution < 1.29 is 0 Å². The van der Waals surface area contributed by atoms with Crippen LogP contribution in [0, 0.1) is 0 Å². The van der Waals surface area contributed by atoms with Crippen LogP contribution in [0.15, 0.2) is 18.2 Å². The Morgan fingerprint density at radius 2 is 2.20 bits per heavy atom. The molecule has 0 radical (unpaired) electrons. The zero-order valence-electron chi connectivity index (χ0n) is 9.08. The summed E-state index contributed by atoms with van der Waals surface area (Å²) in [5.41, 5.74) is 9.93. The third-order valence-corrected chi connectivity index (χ3v) is 3.83. The molecule has 0 bridgehead atoms. The second-order valence-electron chi connectivity index (χ2n) is 4.70. The van der Waals surface area contributed by atoms with Crippen LogP contribution in [0.2, 0.25) is 0 Å². The number of nitrogens with two attached hydrogens (primary N) is 1. The number of hydrogen-bond donors (Lipinski definition) is 1. The van der Waals surface area contributed by atoms with Gasteiger partial charge in [-0.05, 0) is 42.9 Å². The predicted octanol–water partition coefficient (Wildman–Crippen LogP) is 2.06. The second kappa shape index (κ2) is 3.53. The Morgan fingerprint density at radius 1 is 1.33 bits per heavy atom. The van der Waals surface area contributed by atoms with Crippen LogP contribution in [0.25, 0.3) is 0 Å². The molecule has 3 rings (SSSR count). The first kappa shape index (κ1) is 9.22. The fraction of sp³-hybridized carbons (Fsp3) is 0.538. The van der Waals surface area contributed by atoms with Crippen molar-refractivity contribution in [1.82, 2.24) is 0 Å². The van der Waals surface area contributed by atoms with Crippen LogP contribution in [0.5, 0.6) is 0 Å². The first-order valence-corrected chi connectivity index (χ1v) is 5.97. The summed E-state index contributed by atoms with van der Waals surface area (Å²) in [4.78, 5) is 2.60. The summed E-state index contributed by atoms with van der Waals surface area (Å²) in [6, 6.07) is 7.54. The number of hydrogen-bond acceptors (Lipinski definition) is 2. The van der Waals surface area contributed by atoms with E-state index in [0.717, 1.165) is 6.04 Å². The highest BCUT2D eigenvalue weighted by Gasteiger charge is 2.29. The fourth-order valence-electron chi connectivity index (χ4n) is 2.65. The van der Waals surface area contributed by atoms with Crippen LogP contribution < -0.4 is 10.6 Å². The summed E-state index contributed by atoms with van der Waals surface area (Å²) in [5, 5.41) is 0. The van der Waals surface area contributed by atoms with E-state index in [9.17, 15) is 0 Å². The van der Waals surface area contributed by atoms with Gasteiger partial charge in [0.15, 0.2) is 0 Å². The Labute approximate surface area is 91.1 Å². The van der Waals surface area contributed by atoms with Gasteiger partial charge in [0.05, 0.1) is 0 Å². The maximum Gasteiger partial charge on any atom is 0.0405 e. The van der Waals surface area contributed by atoms with Gasteiger partial charge in [-0.25, -0.2) is 0 Å². The van der Waals surface area contributed by atoms with Crippen LogP contribution in [0.3, 0.4) is 0 Å². The van der Waals surface area contributed by atoms with Gasteiger partial charge in [-0.2, -0.15) is 0 Å². The lowest BCUT2D eigenvalue weighted by molar-refractivity contribution is 0.392. The van der Waals surface area contributed by atoms with E-state index < -0.39 is 0 Å². The van der Waals surface area contributed by atoms with Gasteiger partial charge in [0, 0.05) is 24.8 Å². The summed E-state index contributed by atoms with van der Waals surface area (Å²) in [6.45, 7) is 1.87. The van der Waals surface area contributed by atoms with Gasteiger partial charge in [0.2, 0.25) is 0 Å². The molecule has 0 saturated heterocycles. The molecule has 0 amide bonds. The van der Waals surface area contributed by atoms with Crippen molar-refractivity contribution in [3.8, 4) is 0 Å². The van der Waals surface area contributed by atoms with Gasteiger partial charge in [0.25, 0.3) is 0 Å². The van der Waals surface area contributed by atoms with Gasteiger partial charge in [-0.3, -0.25) is 0 Å². The Kier molecular flexibility index (Phi) is 2.17. The molecule has 1 fully saturated rings. The van der Waals surface area contributed by atoms with E-state index in [1.165, 1.54) is 49.0 Å². The molecule has 1 aromatic rings. The van der Waals surface area contributed by atoms with Crippen molar-refractivity contribution in [1.29, 1.82) is 0 Å². The average Bonchev–Trinajstić information content (AvgIpc) is 2.59. The smallest absolute Gasteiger partial charge is 0.0405 e. The quantitative estimate of drug-likeness (QED) is 0.795. The molecule has 0 aromatic heterocycles. The first-order valence-electron chi connectivity index (χ1n) is 5.97. The molecular formula is C13H18N2. The van der Waals surface area contributed by atoms with Gasteiger partial charge >= 0.3 is 0 Å². The molecule has 2 aliphatic rings. The molecule has 0 spiro atoms. The largest absolute Gasteiger partial charge is 0.368 e. The third kappa shape index (κ3) is 1.44. The van der Waals surface area contributed by atoms with E-state index in [4.69, 9.17) is 5.73 Å². The zero-order valence-corrected chi connectivity index (χ0v) is 9.08. The van der Waals surface area contributed by atoms with Gasteiger partial charge in [0.1, 0.15) is 0 Å². The number of fused-ring (bicyclic) bond motifs is 1. The van der Waals surface area contributed by atoms with Crippen molar-refractivity contribution in [3.05, 3.63) is 29.3 Å². The van der Waals surface area contributed by atoms with Crippen LogP contribution >= 0.6 is 0 Å². The van der Waals surface area contributed by atoms with Crippen molar-refractivity contribution in [3.63, 3.8) is 0 Å². The Balaban J connectivity index is 1.92. The molecule has 1 saturated carbocycles. The minimum atomic E-state index is 0.659. The highest BCUT2D eigenvalue weighted by atomic mass is 15.2. The zero-order chi connectivity index (χ0) is 10.3. The normalized spacial score (nSPS) is 20.2. The highest BCUT2D eigenvalue weighted by Crippen LogP contribution is 2.36. The molecule has 15 heavy (non-hydrogen) atoms. The maximum atomic E-state index is 5.69. The minimum Gasteiger partial charge on any atom is -0.368 e. The minimum absolute atomic E-state index is 0.659. The molecule has 2 N–H and O–H groups in total. The van der Waals surface area contributed by atoms with Crippen molar-refractivity contribution in [2.45, 2.75) is 38.3 Å². The van der Waals surface area contributed by atoms with Gasteiger partial charge in [-0.1, -0.05) is 12.1 Å². The molecule has 2 nitrogen and oxygen atoms in total. The monoisotopic (exact) mass is 202 g/mol. The molecule has 1 heterocycles. The summed E-state index contributed by atoms with van der Waals surface area (Å²) >= 11 is 0. The average molecular weight is 202 g/mol. The number of benzene rings is 1. The first-order chi connectivity index (χ1) is 7.38. The Morgan fingerprint density at radius 3 is 2.87 bits per heavy atom. The van der Waals surface area contributed by atoms with Crippen LogP contribution in [-0.4, -0.2) is 12.6 Å². The topological polar surface area (TPSA) is 29.3 Å². The lowest BCUT2D eigenvalue weighted by Gasteiger charge is -2.36. The summed E-state index contributed by atoms with van der Waals surface area (Å²) in [7, 11) is 0. The van der Waals surface area contributed by atoms with Crippen molar-refractivity contribution in [2.24, 2.45) is 5.73 Å². The van der Waals surface area contributed by atoms with E-state index in [0.29, 0.717) is 6.54 Å². The number of nitrogens with zero attached hydrogens (tertiary/aromatic N) is 1. The molecular weight excluding hydrogens is 184 g/mol. The number of rotatable bonds is 2. The molecule has 1 aromatic carbocycles. The van der Waals surface area contributed by atoms with Gasteiger partial charge < -0.3 is 10.6 Å². The summed E-state index contributed by atoms with van der Waals surface area (Å²) < 4.78 is 0.